The Morgan fingerprint density at radius 1 is 1.08 bits per heavy atom. The zero-order valence-electron chi connectivity index (χ0n) is 12.6. The fourth-order valence-corrected chi connectivity index (χ4v) is 2.68. The van der Waals surface area contributed by atoms with E-state index in [0.717, 1.165) is 11.1 Å². The number of fused-ring (bicyclic) bond motifs is 1. The maximum absolute atomic E-state index is 13.9. The van der Waals surface area contributed by atoms with Gasteiger partial charge in [0.05, 0.1) is 5.56 Å². The van der Waals surface area contributed by atoms with Gasteiger partial charge in [0.25, 0.3) is 0 Å². The number of benzene rings is 2. The number of nitrogens with one attached hydrogen (secondary N) is 1. The highest BCUT2D eigenvalue weighted by Crippen LogP contribution is 2.21. The van der Waals surface area contributed by atoms with Gasteiger partial charge in [-0.3, -0.25) is 0 Å². The van der Waals surface area contributed by atoms with Crippen molar-refractivity contribution in [1.29, 1.82) is 0 Å². The van der Waals surface area contributed by atoms with Crippen molar-refractivity contribution in [3.63, 3.8) is 0 Å². The number of aromatic nitrogens is 4. The third-order valence-electron chi connectivity index (χ3n) is 3.75. The summed E-state index contributed by atoms with van der Waals surface area (Å²) in [6.07, 6.45) is 3.54. The topological polar surface area (TPSA) is 45.5 Å². The van der Waals surface area contributed by atoms with Crippen LogP contribution in [0.1, 0.15) is 5.56 Å². The molecule has 24 heavy (non-hydrogen) atoms. The van der Waals surface area contributed by atoms with Gasteiger partial charge in [0.1, 0.15) is 28.9 Å². The highest BCUT2D eigenvalue weighted by Gasteiger charge is 2.13. The first-order chi connectivity index (χ1) is 11.7. The predicted molar refractivity (Wildman–Crippen MR) is 90.0 cm³/mol. The van der Waals surface area contributed by atoms with Crippen molar-refractivity contribution in [2.45, 2.75) is 6.54 Å². The highest BCUT2D eigenvalue weighted by molar-refractivity contribution is 6.30. The summed E-state index contributed by atoms with van der Waals surface area (Å²) in [7, 11) is 0. The van der Waals surface area contributed by atoms with Gasteiger partial charge in [-0.1, -0.05) is 40.5 Å². The maximum atomic E-state index is 13.9. The highest BCUT2D eigenvalue weighted by atomic mass is 35.5. The minimum absolute atomic E-state index is 0.307. The number of hydrogen-bond donors (Lipinski definition) is 1. The maximum Gasteiger partial charge on any atom is 0.222 e. The molecule has 0 radical (unpaired) electrons. The second-order valence-electron chi connectivity index (χ2n) is 5.46. The van der Waals surface area contributed by atoms with Crippen molar-refractivity contribution in [3.8, 4) is 11.4 Å². The van der Waals surface area contributed by atoms with E-state index in [0.29, 0.717) is 28.5 Å². The van der Waals surface area contributed by atoms with Crippen LogP contribution in [0.3, 0.4) is 0 Å². The van der Waals surface area contributed by atoms with Gasteiger partial charge in [-0.25, -0.2) is 9.37 Å². The van der Waals surface area contributed by atoms with Crippen LogP contribution in [-0.4, -0.2) is 15.1 Å². The summed E-state index contributed by atoms with van der Waals surface area (Å²) in [5.41, 5.74) is 3.03. The Morgan fingerprint density at radius 3 is 2.67 bits per heavy atom. The molecule has 4 nitrogen and oxygen atoms in total. The van der Waals surface area contributed by atoms with E-state index in [1.807, 2.05) is 30.5 Å². The Hall–Kier alpha value is -2.79. The molecule has 0 bridgehead atoms. The van der Waals surface area contributed by atoms with Crippen molar-refractivity contribution in [3.05, 3.63) is 77.3 Å². The van der Waals surface area contributed by atoms with Gasteiger partial charge < -0.3 is 4.98 Å². The van der Waals surface area contributed by atoms with E-state index in [2.05, 4.69) is 15.1 Å². The van der Waals surface area contributed by atoms with Crippen molar-refractivity contribution >= 4 is 22.6 Å². The van der Waals surface area contributed by atoms with Crippen molar-refractivity contribution in [2.75, 3.05) is 0 Å². The minimum Gasteiger partial charge on any atom is -0.333 e. The lowest BCUT2D eigenvalue weighted by atomic mass is 10.2. The zero-order valence-corrected chi connectivity index (χ0v) is 13.3. The molecule has 4 aromatic rings. The molecule has 0 amide bonds. The fraction of sp³-hybridized carbons (Fsp3) is 0.0556. The number of aromatic amines is 1. The lowest BCUT2D eigenvalue weighted by Crippen LogP contribution is -2.37. The normalized spacial score (nSPS) is 11.1. The summed E-state index contributed by atoms with van der Waals surface area (Å²) in [5.74, 6) is 0.188. The standard InChI is InChI=1S/C18H12ClFN4/c19-13-7-5-12(6-8-13)10-24-11-17-16(9-21-24)22-18(23-17)14-3-1-2-4-15(14)20/h1-9,11H,10H2/p+1. The second-order valence-corrected chi connectivity index (χ2v) is 5.90. The number of nitrogens with zero attached hydrogens (tertiary/aromatic N) is 3. The van der Waals surface area contributed by atoms with Gasteiger partial charge in [0.2, 0.25) is 6.20 Å². The quantitative estimate of drug-likeness (QED) is 0.578. The average Bonchev–Trinajstić information content (AvgIpc) is 3.00. The Morgan fingerprint density at radius 2 is 1.88 bits per heavy atom. The molecule has 2 aromatic heterocycles. The van der Waals surface area contributed by atoms with Crippen LogP contribution >= 0.6 is 11.6 Å². The summed E-state index contributed by atoms with van der Waals surface area (Å²) < 4.78 is 15.7. The molecule has 0 aliphatic heterocycles. The monoisotopic (exact) mass is 339 g/mol. The Balaban J connectivity index is 1.68. The van der Waals surface area contributed by atoms with Gasteiger partial charge in [0.15, 0.2) is 6.54 Å². The van der Waals surface area contributed by atoms with Gasteiger partial charge >= 0.3 is 0 Å². The predicted octanol–water partition coefficient (Wildman–Crippen LogP) is 3.75. The van der Waals surface area contributed by atoms with Crippen LogP contribution in [0, 0.1) is 5.82 Å². The molecule has 0 atom stereocenters. The number of H-pyrrole nitrogens is 1. The number of imidazole rings is 1. The first-order valence-corrected chi connectivity index (χ1v) is 7.82. The van der Waals surface area contributed by atoms with E-state index in [1.54, 1.807) is 29.1 Å². The van der Waals surface area contributed by atoms with Crippen LogP contribution in [0.4, 0.5) is 4.39 Å². The van der Waals surface area contributed by atoms with Crippen LogP contribution in [0.5, 0.6) is 0 Å². The van der Waals surface area contributed by atoms with E-state index >= 15 is 0 Å². The molecule has 0 saturated carbocycles. The molecule has 4 rings (SSSR count). The van der Waals surface area contributed by atoms with Crippen LogP contribution in [0.15, 0.2) is 60.9 Å². The molecule has 2 aromatic carbocycles. The van der Waals surface area contributed by atoms with Crippen molar-refractivity contribution in [2.24, 2.45) is 0 Å². The SMILES string of the molecule is Fc1ccccc1-c1nc2cn[n+](Cc3ccc(Cl)cc3)cc2[nH]1. The van der Waals surface area contributed by atoms with Crippen LogP contribution in [-0.2, 0) is 6.54 Å². The molecule has 0 aliphatic rings. The molecule has 6 heteroatoms. The fourth-order valence-electron chi connectivity index (χ4n) is 2.55. The number of hydrogen-bond acceptors (Lipinski definition) is 2. The molecule has 0 unspecified atom stereocenters. The Labute approximate surface area is 142 Å². The smallest absolute Gasteiger partial charge is 0.222 e. The lowest BCUT2D eigenvalue weighted by molar-refractivity contribution is -0.745. The summed E-state index contributed by atoms with van der Waals surface area (Å²) >= 11 is 5.90. The molecular weight excluding hydrogens is 327 g/mol. The van der Waals surface area contributed by atoms with Crippen LogP contribution in [0.25, 0.3) is 22.4 Å². The first-order valence-electron chi connectivity index (χ1n) is 7.44. The molecule has 1 N–H and O–H groups in total. The molecule has 2 heterocycles. The Kier molecular flexibility index (Phi) is 3.70. The van der Waals surface area contributed by atoms with E-state index in [4.69, 9.17) is 11.6 Å². The van der Waals surface area contributed by atoms with E-state index in [1.165, 1.54) is 6.07 Å². The van der Waals surface area contributed by atoms with Crippen molar-refractivity contribution in [1.82, 2.24) is 15.1 Å². The van der Waals surface area contributed by atoms with Gasteiger partial charge in [-0.15, -0.1) is 0 Å². The number of halogens is 2. The lowest BCUT2D eigenvalue weighted by Gasteiger charge is -1.97. The summed E-state index contributed by atoms with van der Waals surface area (Å²) in [5, 5.41) is 5.07. The molecule has 0 fully saturated rings. The first kappa shape index (κ1) is 14.8. The average molecular weight is 340 g/mol. The minimum atomic E-state index is -0.307. The summed E-state index contributed by atoms with van der Waals surface area (Å²) in [6.45, 7) is 0.612. The summed E-state index contributed by atoms with van der Waals surface area (Å²) in [6, 6.07) is 14.2. The van der Waals surface area contributed by atoms with E-state index in [9.17, 15) is 4.39 Å². The second kappa shape index (κ2) is 6.02. The number of rotatable bonds is 3. The Bertz CT molecular complexity index is 1010. The van der Waals surface area contributed by atoms with E-state index < -0.39 is 0 Å². The molecule has 0 spiro atoms. The van der Waals surface area contributed by atoms with Gasteiger partial charge in [-0.2, -0.15) is 0 Å². The van der Waals surface area contributed by atoms with E-state index in [-0.39, 0.29) is 5.82 Å². The van der Waals surface area contributed by atoms with Crippen LogP contribution < -0.4 is 4.68 Å². The third kappa shape index (κ3) is 2.86. The molecule has 118 valence electrons. The third-order valence-corrected chi connectivity index (χ3v) is 4.01. The molecular formula is C18H13ClFN4+. The molecule has 0 saturated heterocycles. The van der Waals surface area contributed by atoms with Crippen molar-refractivity contribution < 1.29 is 9.07 Å². The largest absolute Gasteiger partial charge is 0.333 e. The summed E-state index contributed by atoms with van der Waals surface area (Å²) in [4.78, 5) is 7.57. The van der Waals surface area contributed by atoms with Crippen LogP contribution in [0.2, 0.25) is 5.02 Å². The zero-order chi connectivity index (χ0) is 16.5. The van der Waals surface area contributed by atoms with Gasteiger partial charge in [-0.05, 0) is 29.4 Å². The molecule has 0 aliphatic carbocycles. The van der Waals surface area contributed by atoms with Gasteiger partial charge in [0, 0.05) is 10.6 Å².